The molecular formula is C2H8O21Si20. The molecule has 0 saturated heterocycles. The summed E-state index contributed by atoms with van der Waals surface area (Å²) in [6.45, 7) is 2.16. The van der Waals surface area contributed by atoms with E-state index in [9.17, 15) is 85.1 Å². The summed E-state index contributed by atoms with van der Waals surface area (Å²) < 4.78 is 223. The molecular weight excluding hydrogens is 922 g/mol. The van der Waals surface area contributed by atoms with Crippen molar-refractivity contribution in [2.75, 3.05) is 0 Å². The van der Waals surface area contributed by atoms with E-state index in [1.807, 2.05) is 0 Å². The van der Waals surface area contributed by atoms with E-state index < -0.39 is 157 Å². The highest BCUT2D eigenvalue weighted by Crippen LogP contribution is 1.98. The van der Waals surface area contributed by atoms with Crippen LogP contribution in [0.5, 0.6) is 0 Å². The van der Waals surface area contributed by atoms with Gasteiger partial charge in [0.15, 0.2) is 0 Å². The topological polar surface area (TPSA) is 357 Å². The van der Waals surface area contributed by atoms with Gasteiger partial charge in [0.1, 0.15) is 0 Å². The Hall–Kier alpha value is 0.458. The molecule has 0 bridgehead atoms. The first kappa shape index (κ1) is 43.5. The van der Waals surface area contributed by atoms with Crippen molar-refractivity contribution in [3.05, 3.63) is 0 Å². The van der Waals surface area contributed by atoms with Gasteiger partial charge < -0.3 is 94.0 Å². The second kappa shape index (κ2) is 18.7. The molecule has 0 heterocycles. The molecule has 0 saturated carbocycles. The van der Waals surface area contributed by atoms with Gasteiger partial charge >= 0.3 is 148 Å². The van der Waals surface area contributed by atoms with Crippen molar-refractivity contribution >= 4 is 157 Å². The smallest absolute Gasteiger partial charge is 0.533 e. The van der Waals surface area contributed by atoms with Crippen LogP contribution in [0, 0.1) is 0 Å². The summed E-state index contributed by atoms with van der Waals surface area (Å²) in [4.78, 5) is 18.2. The van der Waals surface area contributed by atoms with Crippen molar-refractivity contribution in [3.63, 3.8) is 0 Å². The summed E-state index contributed by atoms with van der Waals surface area (Å²) >= 11 is 0. The van der Waals surface area contributed by atoms with Crippen LogP contribution in [0.15, 0.2) is 0 Å². The van der Waals surface area contributed by atoms with E-state index >= 15 is 0 Å². The molecule has 41 heteroatoms. The molecule has 222 valence electrons. The first-order valence-electron chi connectivity index (χ1n) is 10.0. The molecule has 0 unspecified atom stereocenters. The van der Waals surface area contributed by atoms with Gasteiger partial charge in [-0.15, -0.1) is 0 Å². The molecule has 0 aromatic heterocycles. The first-order valence-corrected chi connectivity index (χ1v) is 57.1. The van der Waals surface area contributed by atoms with E-state index in [1.54, 1.807) is 0 Å². The zero-order valence-corrected chi connectivity index (χ0v) is 40.7. The summed E-state index contributed by atoms with van der Waals surface area (Å²) in [5, 5.41) is 0. The molecule has 0 amide bonds. The molecule has 0 aliphatic heterocycles. The number of hydrogen-bond donors (Lipinski definition) is 2. The minimum absolute atomic E-state index is 1.08. The molecule has 0 aliphatic carbocycles. The summed E-state index contributed by atoms with van der Waals surface area (Å²) in [5.41, 5.74) is 0. The molecule has 43 heavy (non-hydrogen) atoms. The molecule has 0 aromatic carbocycles. The average molecular weight is 930 g/mol. The van der Waals surface area contributed by atoms with Crippen LogP contribution < -0.4 is 0 Å². The van der Waals surface area contributed by atoms with Crippen LogP contribution in [0.1, 0.15) is 0 Å². The molecule has 2 N–H and O–H groups in total. The molecule has 0 rings (SSSR count). The van der Waals surface area contributed by atoms with Gasteiger partial charge in [0.2, 0.25) is 0 Å². The predicted octanol–water partition coefficient (Wildman–Crippen LogP) is -9.77. The van der Waals surface area contributed by atoms with E-state index in [-0.39, 0.29) is 0 Å². The summed E-state index contributed by atoms with van der Waals surface area (Å²) in [6, 6.07) is 0. The molecule has 0 aromatic rings. The third-order valence-corrected chi connectivity index (χ3v) is 141. The van der Waals surface area contributed by atoms with Gasteiger partial charge in [-0.2, -0.15) is 0 Å². The van der Waals surface area contributed by atoms with E-state index in [2.05, 4.69) is 4.12 Å². The van der Waals surface area contributed by atoms with E-state index in [4.69, 9.17) is 4.80 Å². The maximum absolute atomic E-state index is 12.4. The molecule has 0 atom stereocenters. The largest absolute Gasteiger partial charge is 0.558 e. The quantitative estimate of drug-likeness (QED) is 0.107. The second-order valence-electron chi connectivity index (χ2n) is 7.54. The van der Waals surface area contributed by atoms with Gasteiger partial charge in [-0.25, -0.2) is 0 Å². The van der Waals surface area contributed by atoms with Crippen molar-refractivity contribution in [1.29, 1.82) is 0 Å². The van der Waals surface area contributed by atoms with Gasteiger partial charge in [0, 0.05) is 0 Å². The summed E-state index contributed by atoms with van der Waals surface area (Å²) in [6.07, 6.45) is 0. The Kier molecular flexibility index (Phi) is 18.9. The van der Waals surface area contributed by atoms with Crippen LogP contribution in [0.25, 0.3) is 0 Å². The highest BCUT2D eigenvalue weighted by atomic mass is 30.1. The normalized spacial score (nSPS) is 10.2. The third-order valence-electron chi connectivity index (χ3n) is 3.93. The van der Waals surface area contributed by atoms with Crippen LogP contribution in [0.4, 0.5) is 0 Å². The molecule has 21 nitrogen and oxygen atoms in total. The Labute approximate surface area is 262 Å². The van der Waals surface area contributed by atoms with Crippen molar-refractivity contribution in [1.82, 2.24) is 0 Å². The standard InChI is InChI=1S/C2H8O21Si20/c1-43(2,22)23-25(4)27(6)29(8)31(10)33(12)35(14)37(16)39(18)41(20)42(21)40(19)38(17)36(15)34(13)32(11)30(9)28(7)26(5)24-3/h3,22H,1-2H3. The van der Waals surface area contributed by atoms with E-state index in [0.29, 0.717) is 0 Å². The van der Waals surface area contributed by atoms with Gasteiger partial charge in [0.05, 0.1) is 0 Å². The lowest BCUT2D eigenvalue weighted by atomic mass is 11.9. The van der Waals surface area contributed by atoms with Crippen LogP contribution in [-0.4, -0.2) is 167 Å². The average Bonchev–Trinajstić information content (AvgIpc) is 2.97. The summed E-state index contributed by atoms with van der Waals surface area (Å²) in [5.74, 6) is 0. The molecule has 2 radical (unpaired) electrons. The van der Waals surface area contributed by atoms with Gasteiger partial charge in [-0.05, 0) is 13.1 Å². The fourth-order valence-electron chi connectivity index (χ4n) is 1.96. The Morgan fingerprint density at radius 3 is 0.767 bits per heavy atom. The fraction of sp³-hybridized carbons (Fsp3) is 1.00. The lowest BCUT2D eigenvalue weighted by molar-refractivity contribution is 0.372. The van der Waals surface area contributed by atoms with Crippen molar-refractivity contribution < 1.29 is 94.0 Å². The van der Waals surface area contributed by atoms with Gasteiger partial charge in [-0.3, -0.25) is 0 Å². The van der Waals surface area contributed by atoms with E-state index in [1.165, 1.54) is 0 Å². The first-order chi connectivity index (χ1) is 19.4. The van der Waals surface area contributed by atoms with Crippen LogP contribution in [0.3, 0.4) is 0 Å². The minimum atomic E-state index is -4.40. The highest BCUT2D eigenvalue weighted by Gasteiger charge is 2.56. The molecule has 0 fully saturated rings. The SMILES string of the molecule is C[Si](C)(O)O[Si](=O)[Si](=O)[Si](=O)[Si](=O)[Si](=O)[Si](=O)[Si](=O)[Si](=O)[Si](=O)[Si](=O)[Si](=O)[Si](=O)[Si](=O)[Si](=O)[Si](=O)[Si](=O)[Si](=O)[Si](=O)[Si]O. The second-order valence-corrected chi connectivity index (χ2v) is 97.0. The zero-order chi connectivity index (χ0) is 34.3. The highest BCUT2D eigenvalue weighted by molar-refractivity contribution is 7.82. The molecule has 0 spiro atoms. The van der Waals surface area contributed by atoms with Crippen molar-refractivity contribution in [2.24, 2.45) is 0 Å². The monoisotopic (exact) mass is 927 g/mol. The Morgan fingerprint density at radius 2 is 0.581 bits per heavy atom. The lowest BCUT2D eigenvalue weighted by Crippen LogP contribution is -2.56. The van der Waals surface area contributed by atoms with Crippen LogP contribution in [-0.2, 0) is 84.4 Å². The molecule has 0 aliphatic rings. The Morgan fingerprint density at radius 1 is 0.395 bits per heavy atom. The van der Waals surface area contributed by atoms with Crippen LogP contribution in [0.2, 0.25) is 13.1 Å². The number of rotatable bonds is 20. The van der Waals surface area contributed by atoms with Gasteiger partial charge in [0.25, 0.3) is 9.28 Å². The van der Waals surface area contributed by atoms with Gasteiger partial charge in [-0.1, -0.05) is 0 Å². The lowest BCUT2D eigenvalue weighted by Gasteiger charge is -2.13. The van der Waals surface area contributed by atoms with Crippen molar-refractivity contribution in [3.8, 4) is 0 Å². The maximum Gasteiger partial charge on any atom is 0.533 e. The minimum Gasteiger partial charge on any atom is -0.558 e. The Balaban J connectivity index is 5.67. The predicted molar refractivity (Wildman–Crippen MR) is 145 cm³/mol. The maximum atomic E-state index is 12.4. The van der Waals surface area contributed by atoms with E-state index in [0.717, 1.165) is 13.1 Å². The zero-order valence-electron chi connectivity index (χ0n) is 20.7. The van der Waals surface area contributed by atoms with Crippen molar-refractivity contribution in [2.45, 2.75) is 13.1 Å². The fourth-order valence-corrected chi connectivity index (χ4v) is 199. The van der Waals surface area contributed by atoms with Crippen LogP contribution >= 0.6 is 0 Å². The third kappa shape index (κ3) is 12.2. The number of hydrogen-bond acceptors (Lipinski definition) is 21. The summed E-state index contributed by atoms with van der Waals surface area (Å²) in [7, 11) is -79.5. The Bertz CT molecular complexity index is 1560.